The van der Waals surface area contributed by atoms with Crippen LogP contribution in [0.3, 0.4) is 0 Å². The molecule has 1 aromatic carbocycles. The summed E-state index contributed by atoms with van der Waals surface area (Å²) >= 11 is 11.9. The smallest absolute Gasteiger partial charge is 0.256 e. The number of aromatic nitrogens is 2. The number of hydrogen-bond donors (Lipinski definition) is 2. The number of rotatable bonds is 2. The van der Waals surface area contributed by atoms with Crippen molar-refractivity contribution in [3.05, 3.63) is 63.2 Å². The molecule has 0 fully saturated rings. The number of nitrogens with one attached hydrogen (secondary N) is 2. The van der Waals surface area contributed by atoms with Gasteiger partial charge in [-0.15, -0.1) is 5.53 Å². The highest BCUT2D eigenvalue weighted by Gasteiger charge is 2.36. The zero-order valence-electron chi connectivity index (χ0n) is 14.5. The van der Waals surface area contributed by atoms with E-state index in [9.17, 15) is 13.6 Å². The molecule has 0 aliphatic carbocycles. The normalized spacial score (nSPS) is 19.0. The standard InChI is InChI=1S/C17H14Cl2F2N6O/c1-8-4-13-12(24-25-27(13)17-22-5-9(20)6-23-17)7-26(8)16(28)10-2-3-11(21)15(19)14(10)18/h2-3,5-6,8,24-25H,4,7H2,1H3/t8-/m1/s1. The molecular formula is C17H14Cl2F2N6O. The Morgan fingerprint density at radius 1 is 1.21 bits per heavy atom. The van der Waals surface area contributed by atoms with Crippen molar-refractivity contribution < 1.29 is 13.6 Å². The van der Waals surface area contributed by atoms with Gasteiger partial charge in [0, 0.05) is 12.5 Å². The highest BCUT2D eigenvalue weighted by atomic mass is 35.5. The van der Waals surface area contributed by atoms with Gasteiger partial charge in [0.15, 0.2) is 5.82 Å². The van der Waals surface area contributed by atoms with E-state index in [1.807, 2.05) is 6.92 Å². The lowest BCUT2D eigenvalue weighted by atomic mass is 10.0. The molecule has 0 bridgehead atoms. The van der Waals surface area contributed by atoms with Crippen molar-refractivity contribution in [2.45, 2.75) is 19.4 Å². The molecule has 2 N–H and O–H groups in total. The maximum absolute atomic E-state index is 13.5. The van der Waals surface area contributed by atoms with Crippen molar-refractivity contribution in [2.75, 3.05) is 11.6 Å². The molecule has 11 heteroatoms. The van der Waals surface area contributed by atoms with Crippen LogP contribution in [-0.4, -0.2) is 33.4 Å². The number of anilines is 1. The molecule has 3 heterocycles. The minimum absolute atomic E-state index is 0.113. The van der Waals surface area contributed by atoms with Crippen molar-refractivity contribution in [1.29, 1.82) is 0 Å². The van der Waals surface area contributed by atoms with Crippen molar-refractivity contribution in [3.8, 4) is 0 Å². The average Bonchev–Trinajstić information content (AvgIpc) is 3.08. The molecule has 2 aliphatic heterocycles. The van der Waals surface area contributed by atoms with Gasteiger partial charge in [0.25, 0.3) is 5.91 Å². The number of carbonyl (C=O) groups excluding carboxylic acids is 1. The molecular weight excluding hydrogens is 413 g/mol. The first-order chi connectivity index (χ1) is 13.4. The molecule has 28 heavy (non-hydrogen) atoms. The Morgan fingerprint density at radius 3 is 2.64 bits per heavy atom. The van der Waals surface area contributed by atoms with E-state index in [1.165, 1.54) is 6.07 Å². The summed E-state index contributed by atoms with van der Waals surface area (Å²) in [6.45, 7) is 2.13. The van der Waals surface area contributed by atoms with Gasteiger partial charge in [-0.05, 0) is 19.1 Å². The summed E-state index contributed by atoms with van der Waals surface area (Å²) in [4.78, 5) is 22.5. The van der Waals surface area contributed by atoms with Crippen LogP contribution >= 0.6 is 23.2 Å². The zero-order valence-corrected chi connectivity index (χ0v) is 16.0. The Labute approximate surface area is 168 Å². The highest BCUT2D eigenvalue weighted by Crippen LogP contribution is 2.33. The predicted octanol–water partition coefficient (Wildman–Crippen LogP) is 3.04. The molecule has 146 valence electrons. The second kappa shape index (κ2) is 7.16. The summed E-state index contributed by atoms with van der Waals surface area (Å²) in [6.07, 6.45) is 2.63. The van der Waals surface area contributed by atoms with E-state index in [-0.39, 0.29) is 40.1 Å². The van der Waals surface area contributed by atoms with Crippen LogP contribution in [0.4, 0.5) is 14.7 Å². The van der Waals surface area contributed by atoms with Crippen LogP contribution in [0.2, 0.25) is 10.0 Å². The fourth-order valence-electron chi connectivity index (χ4n) is 3.17. The van der Waals surface area contributed by atoms with Gasteiger partial charge in [0.1, 0.15) is 5.82 Å². The summed E-state index contributed by atoms with van der Waals surface area (Å²) in [5.41, 5.74) is 7.60. The van der Waals surface area contributed by atoms with Crippen LogP contribution in [0.15, 0.2) is 35.9 Å². The summed E-state index contributed by atoms with van der Waals surface area (Å²) in [7, 11) is 0. The largest absolute Gasteiger partial charge is 0.330 e. The van der Waals surface area contributed by atoms with Gasteiger partial charge in [-0.1, -0.05) is 23.2 Å². The lowest BCUT2D eigenvalue weighted by molar-refractivity contribution is 0.0696. The lowest BCUT2D eigenvalue weighted by Crippen LogP contribution is -2.44. The Hall–Kier alpha value is -2.49. The SMILES string of the molecule is C[C@@H]1CC2=C(CN1C(=O)c1ccc(F)c(Cl)c1Cl)NNN2c1ncc(F)cn1. The molecule has 0 unspecified atom stereocenters. The van der Waals surface area contributed by atoms with Crippen LogP contribution in [-0.2, 0) is 0 Å². The van der Waals surface area contributed by atoms with Crippen molar-refractivity contribution in [2.24, 2.45) is 0 Å². The third kappa shape index (κ3) is 3.15. The van der Waals surface area contributed by atoms with Gasteiger partial charge in [-0.3, -0.25) is 4.79 Å². The van der Waals surface area contributed by atoms with Crippen LogP contribution in [0, 0.1) is 11.6 Å². The fourth-order valence-corrected chi connectivity index (χ4v) is 3.57. The van der Waals surface area contributed by atoms with E-state index in [0.29, 0.717) is 6.42 Å². The Kier molecular flexibility index (Phi) is 4.82. The molecule has 1 atom stereocenters. The van der Waals surface area contributed by atoms with Crippen LogP contribution < -0.4 is 16.0 Å². The van der Waals surface area contributed by atoms with Gasteiger partial charge in [0.05, 0.1) is 45.9 Å². The molecule has 0 radical (unpaired) electrons. The Morgan fingerprint density at radius 2 is 1.93 bits per heavy atom. The number of halogens is 4. The van der Waals surface area contributed by atoms with Gasteiger partial charge in [0.2, 0.25) is 5.95 Å². The third-order valence-electron chi connectivity index (χ3n) is 4.62. The molecule has 0 spiro atoms. The molecule has 2 aromatic rings. The maximum atomic E-state index is 13.5. The molecule has 1 aromatic heterocycles. The summed E-state index contributed by atoms with van der Waals surface area (Å²) < 4.78 is 26.6. The van der Waals surface area contributed by atoms with Gasteiger partial charge in [-0.2, -0.15) is 0 Å². The van der Waals surface area contributed by atoms with E-state index in [1.54, 1.807) is 9.91 Å². The minimum Gasteiger partial charge on any atom is -0.330 e. The van der Waals surface area contributed by atoms with Crippen LogP contribution in [0.1, 0.15) is 23.7 Å². The second-order valence-corrected chi connectivity index (χ2v) is 7.16. The summed E-state index contributed by atoms with van der Waals surface area (Å²) in [5.74, 6) is -1.30. The first-order valence-corrected chi connectivity index (χ1v) is 9.08. The number of hydrogen-bond acceptors (Lipinski definition) is 6. The minimum atomic E-state index is -0.684. The molecule has 1 amide bonds. The first kappa shape index (κ1) is 18.9. The molecule has 0 saturated carbocycles. The number of carbonyl (C=O) groups is 1. The van der Waals surface area contributed by atoms with Gasteiger partial charge >= 0.3 is 0 Å². The first-order valence-electron chi connectivity index (χ1n) is 8.32. The Bertz CT molecular complexity index is 984. The molecule has 4 rings (SSSR count). The lowest BCUT2D eigenvalue weighted by Gasteiger charge is -2.34. The topological polar surface area (TPSA) is 73.4 Å². The number of hydrazine groups is 2. The monoisotopic (exact) mass is 426 g/mol. The van der Waals surface area contributed by atoms with Crippen molar-refractivity contribution >= 4 is 35.1 Å². The van der Waals surface area contributed by atoms with Crippen molar-refractivity contribution in [1.82, 2.24) is 25.8 Å². The number of amides is 1. The molecule has 2 aliphatic rings. The zero-order chi connectivity index (χ0) is 20.0. The fraction of sp³-hybridized carbons (Fsp3) is 0.235. The second-order valence-electron chi connectivity index (χ2n) is 6.41. The van der Waals surface area contributed by atoms with E-state index in [4.69, 9.17) is 23.2 Å². The van der Waals surface area contributed by atoms with Gasteiger partial charge in [-0.25, -0.2) is 23.8 Å². The molecule has 7 nitrogen and oxygen atoms in total. The van der Waals surface area contributed by atoms with Crippen LogP contribution in [0.5, 0.6) is 0 Å². The average molecular weight is 427 g/mol. The predicted molar refractivity (Wildman–Crippen MR) is 99.3 cm³/mol. The summed E-state index contributed by atoms with van der Waals surface area (Å²) in [6, 6.07) is 2.24. The third-order valence-corrected chi connectivity index (χ3v) is 5.48. The van der Waals surface area contributed by atoms with E-state index < -0.39 is 11.6 Å². The highest BCUT2D eigenvalue weighted by molar-refractivity contribution is 6.44. The Balaban J connectivity index is 1.60. The maximum Gasteiger partial charge on any atom is 0.256 e. The summed E-state index contributed by atoms with van der Waals surface area (Å²) in [5, 5.41) is 1.21. The quantitative estimate of drug-likeness (QED) is 0.719. The van der Waals surface area contributed by atoms with Gasteiger partial charge < -0.3 is 10.3 Å². The van der Waals surface area contributed by atoms with E-state index in [0.717, 1.165) is 29.9 Å². The van der Waals surface area contributed by atoms with E-state index in [2.05, 4.69) is 20.9 Å². The van der Waals surface area contributed by atoms with Crippen molar-refractivity contribution in [3.63, 3.8) is 0 Å². The number of benzene rings is 1. The molecule has 0 saturated heterocycles. The van der Waals surface area contributed by atoms with E-state index >= 15 is 0 Å². The number of nitrogens with zero attached hydrogens (tertiary/aromatic N) is 4. The van der Waals surface area contributed by atoms with Crippen LogP contribution in [0.25, 0.3) is 0 Å².